The summed E-state index contributed by atoms with van der Waals surface area (Å²) in [6.07, 6.45) is 0. The molecule has 18 heavy (non-hydrogen) atoms. The molecule has 2 aromatic rings. The van der Waals surface area contributed by atoms with Gasteiger partial charge in [-0.2, -0.15) is 0 Å². The zero-order valence-electron chi connectivity index (χ0n) is 9.08. The van der Waals surface area contributed by atoms with E-state index in [0.29, 0.717) is 10.6 Å². The predicted molar refractivity (Wildman–Crippen MR) is 86.3 cm³/mol. The van der Waals surface area contributed by atoms with Gasteiger partial charge in [0.15, 0.2) is 0 Å². The molecule has 0 saturated heterocycles. The van der Waals surface area contributed by atoms with E-state index in [1.807, 2.05) is 18.2 Å². The van der Waals surface area contributed by atoms with Crippen molar-refractivity contribution in [3.8, 4) is 0 Å². The molecular formula is C13H8BrClINO. The van der Waals surface area contributed by atoms with Crippen molar-refractivity contribution in [2.75, 3.05) is 5.32 Å². The third-order valence-electron chi connectivity index (χ3n) is 2.27. The minimum Gasteiger partial charge on any atom is -0.321 e. The lowest BCUT2D eigenvalue weighted by Crippen LogP contribution is -2.12. The molecule has 5 heteroatoms. The minimum atomic E-state index is -0.181. The maximum absolute atomic E-state index is 12.0. The number of carbonyl (C=O) groups is 1. The molecule has 92 valence electrons. The van der Waals surface area contributed by atoms with Crippen LogP contribution in [-0.4, -0.2) is 5.91 Å². The monoisotopic (exact) mass is 435 g/mol. The maximum Gasteiger partial charge on any atom is 0.255 e. The van der Waals surface area contributed by atoms with Crippen LogP contribution in [0.3, 0.4) is 0 Å². The van der Waals surface area contributed by atoms with E-state index in [-0.39, 0.29) is 5.91 Å². The van der Waals surface area contributed by atoms with Gasteiger partial charge in [0.1, 0.15) is 0 Å². The van der Waals surface area contributed by atoms with Crippen LogP contribution in [0.4, 0.5) is 5.69 Å². The molecule has 0 fully saturated rings. The number of anilines is 1. The van der Waals surface area contributed by atoms with Crippen molar-refractivity contribution in [1.82, 2.24) is 0 Å². The Kier molecular flexibility index (Phi) is 4.64. The highest BCUT2D eigenvalue weighted by molar-refractivity contribution is 14.1. The number of benzene rings is 2. The zero-order chi connectivity index (χ0) is 13.1. The van der Waals surface area contributed by atoms with Gasteiger partial charge in [0, 0.05) is 18.6 Å². The van der Waals surface area contributed by atoms with Crippen molar-refractivity contribution in [2.24, 2.45) is 0 Å². The van der Waals surface area contributed by atoms with Crippen LogP contribution in [0.2, 0.25) is 5.02 Å². The molecule has 0 aliphatic rings. The van der Waals surface area contributed by atoms with Gasteiger partial charge in [-0.25, -0.2) is 0 Å². The van der Waals surface area contributed by atoms with Crippen molar-refractivity contribution in [3.63, 3.8) is 0 Å². The molecule has 0 unspecified atom stereocenters. The van der Waals surface area contributed by atoms with Gasteiger partial charge >= 0.3 is 0 Å². The molecule has 0 radical (unpaired) electrons. The van der Waals surface area contributed by atoms with Crippen LogP contribution in [0.1, 0.15) is 10.4 Å². The first-order valence-corrected chi connectivity index (χ1v) is 7.33. The molecular weight excluding hydrogens is 428 g/mol. The Balaban J connectivity index is 2.21. The number of hydrogen-bond donors (Lipinski definition) is 1. The van der Waals surface area contributed by atoms with E-state index in [1.54, 1.807) is 24.3 Å². The number of amides is 1. The van der Waals surface area contributed by atoms with Gasteiger partial charge in [-0.3, -0.25) is 4.79 Å². The molecule has 0 heterocycles. The van der Waals surface area contributed by atoms with E-state index in [0.717, 1.165) is 13.7 Å². The Morgan fingerprint density at radius 2 is 2.00 bits per heavy atom. The molecule has 1 amide bonds. The van der Waals surface area contributed by atoms with E-state index < -0.39 is 0 Å². The van der Waals surface area contributed by atoms with Crippen LogP contribution in [0.25, 0.3) is 0 Å². The lowest BCUT2D eigenvalue weighted by Gasteiger charge is -2.08. The molecule has 0 aliphatic heterocycles. The summed E-state index contributed by atoms with van der Waals surface area (Å²) in [6.45, 7) is 0. The van der Waals surface area contributed by atoms with Crippen molar-refractivity contribution >= 4 is 61.7 Å². The lowest BCUT2D eigenvalue weighted by molar-refractivity contribution is 0.102. The van der Waals surface area contributed by atoms with Crippen LogP contribution < -0.4 is 5.32 Å². The van der Waals surface area contributed by atoms with Gasteiger partial charge in [-0.15, -0.1) is 0 Å². The lowest BCUT2D eigenvalue weighted by atomic mass is 10.2. The van der Waals surface area contributed by atoms with E-state index in [1.165, 1.54) is 0 Å². The molecule has 0 aromatic heterocycles. The first kappa shape index (κ1) is 13.8. The fraction of sp³-hybridized carbons (Fsp3) is 0. The number of carbonyl (C=O) groups excluding carboxylic acids is 1. The maximum atomic E-state index is 12.0. The summed E-state index contributed by atoms with van der Waals surface area (Å²) in [4.78, 5) is 12.0. The van der Waals surface area contributed by atoms with E-state index in [4.69, 9.17) is 11.6 Å². The van der Waals surface area contributed by atoms with E-state index >= 15 is 0 Å². The normalized spacial score (nSPS) is 10.2. The molecule has 0 bridgehead atoms. The Hall–Kier alpha value is -0.590. The first-order valence-electron chi connectivity index (χ1n) is 5.08. The third-order valence-corrected chi connectivity index (χ3v) is 3.83. The summed E-state index contributed by atoms with van der Waals surface area (Å²) in [6, 6.07) is 12.6. The molecule has 0 aliphatic carbocycles. The second-order valence-corrected chi connectivity index (χ2v) is 6.13. The second kappa shape index (κ2) is 6.04. The van der Waals surface area contributed by atoms with Gasteiger partial charge in [0.25, 0.3) is 5.91 Å². The standard InChI is InChI=1S/C13H8BrClINO/c14-11-7-10(16)4-5-12(11)17-13(18)8-2-1-3-9(15)6-8/h1-7H,(H,17,18). The average Bonchev–Trinajstić information content (AvgIpc) is 2.32. The van der Waals surface area contributed by atoms with Crippen molar-refractivity contribution in [3.05, 3.63) is 61.1 Å². The fourth-order valence-electron chi connectivity index (χ4n) is 1.42. The van der Waals surface area contributed by atoms with Crippen LogP contribution in [0, 0.1) is 3.57 Å². The topological polar surface area (TPSA) is 29.1 Å². The van der Waals surface area contributed by atoms with Gasteiger partial charge in [0.05, 0.1) is 5.69 Å². The largest absolute Gasteiger partial charge is 0.321 e. The number of hydrogen-bond acceptors (Lipinski definition) is 1. The van der Waals surface area contributed by atoms with Gasteiger partial charge < -0.3 is 5.32 Å². The highest BCUT2D eigenvalue weighted by atomic mass is 127. The van der Waals surface area contributed by atoms with Gasteiger partial charge in [-0.1, -0.05) is 17.7 Å². The van der Waals surface area contributed by atoms with Crippen molar-refractivity contribution in [1.29, 1.82) is 0 Å². The van der Waals surface area contributed by atoms with Crippen LogP contribution in [-0.2, 0) is 0 Å². The highest BCUT2D eigenvalue weighted by Crippen LogP contribution is 2.25. The Morgan fingerprint density at radius 1 is 1.22 bits per heavy atom. The molecule has 2 rings (SSSR count). The van der Waals surface area contributed by atoms with Crippen LogP contribution >= 0.6 is 50.1 Å². The molecule has 0 spiro atoms. The Bertz CT molecular complexity index is 603. The summed E-state index contributed by atoms with van der Waals surface area (Å²) < 4.78 is 1.95. The molecule has 0 atom stereocenters. The number of rotatable bonds is 2. The molecule has 2 aromatic carbocycles. The van der Waals surface area contributed by atoms with Crippen molar-refractivity contribution in [2.45, 2.75) is 0 Å². The zero-order valence-corrected chi connectivity index (χ0v) is 13.6. The predicted octanol–water partition coefficient (Wildman–Crippen LogP) is 4.96. The fourth-order valence-corrected chi connectivity index (χ4v) is 3.00. The summed E-state index contributed by atoms with van der Waals surface area (Å²) in [5, 5.41) is 3.38. The second-order valence-electron chi connectivity index (χ2n) is 3.59. The summed E-state index contributed by atoms with van der Waals surface area (Å²) >= 11 is 11.5. The van der Waals surface area contributed by atoms with Crippen LogP contribution in [0.15, 0.2) is 46.9 Å². The summed E-state index contributed by atoms with van der Waals surface area (Å²) in [5.74, 6) is -0.181. The SMILES string of the molecule is O=C(Nc1ccc(I)cc1Br)c1cccc(Cl)c1. The number of nitrogens with one attached hydrogen (secondary N) is 1. The average molecular weight is 436 g/mol. The quantitative estimate of drug-likeness (QED) is 0.663. The Morgan fingerprint density at radius 3 is 2.67 bits per heavy atom. The van der Waals surface area contributed by atoms with E-state index in [2.05, 4.69) is 43.8 Å². The molecule has 2 nitrogen and oxygen atoms in total. The number of halogens is 3. The van der Waals surface area contributed by atoms with E-state index in [9.17, 15) is 4.79 Å². The first-order chi connectivity index (χ1) is 8.56. The van der Waals surface area contributed by atoms with Gasteiger partial charge in [0.2, 0.25) is 0 Å². The smallest absolute Gasteiger partial charge is 0.255 e. The Labute approximate surface area is 132 Å². The molecule has 0 saturated carbocycles. The van der Waals surface area contributed by atoms with Crippen LogP contribution in [0.5, 0.6) is 0 Å². The third kappa shape index (κ3) is 3.46. The van der Waals surface area contributed by atoms with Crippen molar-refractivity contribution < 1.29 is 4.79 Å². The minimum absolute atomic E-state index is 0.181. The summed E-state index contributed by atoms with van der Waals surface area (Å²) in [7, 11) is 0. The molecule has 1 N–H and O–H groups in total. The summed E-state index contributed by atoms with van der Waals surface area (Å²) in [5.41, 5.74) is 1.27. The van der Waals surface area contributed by atoms with Gasteiger partial charge in [-0.05, 0) is 74.9 Å². The highest BCUT2D eigenvalue weighted by Gasteiger charge is 2.08.